The van der Waals surface area contributed by atoms with Crippen molar-refractivity contribution in [2.75, 3.05) is 0 Å². The average Bonchev–Trinajstić information content (AvgIpc) is 1.88. The molecule has 54 valence electrons. The normalized spacial score (nSPS) is 8.00. The molecule has 1 rings (SSSR count). The van der Waals surface area contributed by atoms with E-state index in [1.165, 1.54) is 0 Å². The summed E-state index contributed by atoms with van der Waals surface area (Å²) >= 11 is 4.53. The summed E-state index contributed by atoms with van der Waals surface area (Å²) in [5, 5.41) is 0.0474. The number of thiocarbonyl (C=S) groups is 1. The van der Waals surface area contributed by atoms with E-state index in [0.717, 1.165) is 0 Å². The summed E-state index contributed by atoms with van der Waals surface area (Å²) in [6.45, 7) is 0. The van der Waals surface area contributed by atoms with Crippen LogP contribution in [0, 0.1) is 0 Å². The number of para-hydroxylation sites is 1. The van der Waals surface area contributed by atoms with Gasteiger partial charge in [-0.15, -0.1) is 0 Å². The van der Waals surface area contributed by atoms with Crippen LogP contribution in [0.4, 0.5) is 0 Å². The summed E-state index contributed by atoms with van der Waals surface area (Å²) in [4.78, 5) is 0. The van der Waals surface area contributed by atoms with Gasteiger partial charge in [-0.2, -0.15) is 0 Å². The van der Waals surface area contributed by atoms with Crippen LogP contribution < -0.4 is 10.5 Å². The maximum absolute atomic E-state index is 5.13. The fourth-order valence-electron chi connectivity index (χ4n) is 0.605. The van der Waals surface area contributed by atoms with Crippen LogP contribution in [0.5, 0.6) is 5.75 Å². The Bertz CT molecular complexity index is 227. The number of hydrogen-bond donors (Lipinski definition) is 1. The predicted molar refractivity (Wildman–Crippen MR) is 43.9 cm³/mol. The van der Waals surface area contributed by atoms with Crippen LogP contribution in [0.2, 0.25) is 0 Å². The second-order valence-corrected chi connectivity index (χ2v) is 2.14. The van der Waals surface area contributed by atoms with Crippen molar-refractivity contribution >= 4 is 17.4 Å². The Hall–Kier alpha value is -0.155. The number of nitrogens with two attached hydrogens (primary N) is 1. The van der Waals surface area contributed by atoms with Crippen molar-refractivity contribution in [1.29, 1.82) is 0 Å². The predicted octanol–water partition coefficient (Wildman–Crippen LogP) is 1.31. The van der Waals surface area contributed by atoms with Crippen LogP contribution in [0.15, 0.2) is 30.3 Å². The molecular formula is C7H7HgNOS. The van der Waals surface area contributed by atoms with E-state index in [4.69, 9.17) is 10.5 Å². The van der Waals surface area contributed by atoms with Crippen molar-refractivity contribution in [3.63, 3.8) is 0 Å². The molecule has 0 saturated heterocycles. The van der Waals surface area contributed by atoms with Crippen molar-refractivity contribution in [1.82, 2.24) is 0 Å². The largest absolute Gasteiger partial charge is 0.432 e. The van der Waals surface area contributed by atoms with Crippen molar-refractivity contribution in [3.8, 4) is 5.75 Å². The maximum atomic E-state index is 5.13. The SMILES string of the molecule is NC(=S)Oc1ccccc1.[Hg]. The molecule has 0 aliphatic heterocycles. The Morgan fingerprint density at radius 2 is 1.82 bits per heavy atom. The van der Waals surface area contributed by atoms with Gasteiger partial charge in [-0.05, 0) is 24.4 Å². The van der Waals surface area contributed by atoms with Gasteiger partial charge in [-0.25, -0.2) is 0 Å². The molecular weight excluding hydrogens is 347 g/mol. The molecule has 0 radical (unpaired) electrons. The van der Waals surface area contributed by atoms with Crippen LogP contribution in [0.25, 0.3) is 0 Å². The molecule has 0 aromatic heterocycles. The topological polar surface area (TPSA) is 35.2 Å². The fourth-order valence-corrected chi connectivity index (χ4v) is 0.701. The van der Waals surface area contributed by atoms with E-state index in [9.17, 15) is 0 Å². The van der Waals surface area contributed by atoms with E-state index < -0.39 is 0 Å². The minimum absolute atomic E-state index is 0. The molecule has 0 saturated carbocycles. The van der Waals surface area contributed by atoms with Gasteiger partial charge in [0, 0.05) is 27.7 Å². The second-order valence-electron chi connectivity index (χ2n) is 1.73. The van der Waals surface area contributed by atoms with Gasteiger partial charge < -0.3 is 10.5 Å². The molecule has 0 atom stereocenters. The molecule has 2 N–H and O–H groups in total. The van der Waals surface area contributed by atoms with E-state index in [1.807, 2.05) is 18.2 Å². The Labute approximate surface area is 91.2 Å². The first kappa shape index (κ1) is 10.8. The van der Waals surface area contributed by atoms with E-state index >= 15 is 0 Å². The van der Waals surface area contributed by atoms with Crippen molar-refractivity contribution in [3.05, 3.63) is 30.3 Å². The Kier molecular flexibility index (Phi) is 5.41. The number of ether oxygens (including phenoxy) is 1. The van der Waals surface area contributed by atoms with Crippen LogP contribution in [-0.2, 0) is 27.7 Å². The third-order valence-electron chi connectivity index (χ3n) is 0.962. The Morgan fingerprint density at radius 3 is 2.27 bits per heavy atom. The van der Waals surface area contributed by atoms with Crippen LogP contribution in [-0.4, -0.2) is 5.17 Å². The third kappa shape index (κ3) is 4.32. The number of rotatable bonds is 1. The van der Waals surface area contributed by atoms with E-state index in [2.05, 4.69) is 12.2 Å². The van der Waals surface area contributed by atoms with Gasteiger partial charge in [0.05, 0.1) is 0 Å². The standard InChI is InChI=1S/C7H7NOS.Hg/c8-7(10)9-6-4-2-1-3-5-6;/h1-5H,(H2,8,10);. The zero-order chi connectivity index (χ0) is 7.40. The zero-order valence-corrected chi connectivity index (χ0v) is 12.3. The first-order valence-corrected chi connectivity index (χ1v) is 3.22. The molecule has 11 heavy (non-hydrogen) atoms. The molecule has 2 nitrogen and oxygen atoms in total. The monoisotopic (exact) mass is 355 g/mol. The molecule has 0 spiro atoms. The molecule has 1 aromatic carbocycles. The number of benzene rings is 1. The van der Waals surface area contributed by atoms with Gasteiger partial charge in [0.2, 0.25) is 0 Å². The first-order chi connectivity index (χ1) is 4.79. The van der Waals surface area contributed by atoms with Crippen molar-refractivity contribution < 1.29 is 32.4 Å². The van der Waals surface area contributed by atoms with E-state index in [-0.39, 0.29) is 32.8 Å². The molecule has 0 unspecified atom stereocenters. The summed E-state index contributed by atoms with van der Waals surface area (Å²) in [6.07, 6.45) is 0. The summed E-state index contributed by atoms with van der Waals surface area (Å²) in [5.41, 5.74) is 5.13. The minimum Gasteiger partial charge on any atom is -0.432 e. The van der Waals surface area contributed by atoms with E-state index in [0.29, 0.717) is 5.75 Å². The maximum Gasteiger partial charge on any atom is 0.259 e. The van der Waals surface area contributed by atoms with Gasteiger partial charge in [0.1, 0.15) is 5.75 Å². The molecule has 0 amide bonds. The molecule has 0 fully saturated rings. The third-order valence-corrected chi connectivity index (χ3v) is 1.04. The van der Waals surface area contributed by atoms with Crippen molar-refractivity contribution in [2.45, 2.75) is 0 Å². The average molecular weight is 354 g/mol. The van der Waals surface area contributed by atoms with Crippen LogP contribution in [0.1, 0.15) is 0 Å². The molecule has 4 heteroatoms. The van der Waals surface area contributed by atoms with Gasteiger partial charge in [0.15, 0.2) is 0 Å². The summed E-state index contributed by atoms with van der Waals surface area (Å²) in [6, 6.07) is 9.19. The zero-order valence-electron chi connectivity index (χ0n) is 5.99. The first-order valence-electron chi connectivity index (χ1n) is 2.81. The molecule has 0 aliphatic rings. The molecule has 0 heterocycles. The van der Waals surface area contributed by atoms with E-state index in [1.54, 1.807) is 12.1 Å². The minimum atomic E-state index is 0. The smallest absolute Gasteiger partial charge is 0.259 e. The summed E-state index contributed by atoms with van der Waals surface area (Å²) in [5.74, 6) is 0.676. The Morgan fingerprint density at radius 1 is 1.27 bits per heavy atom. The molecule has 0 bridgehead atoms. The quantitative estimate of drug-likeness (QED) is 0.611. The van der Waals surface area contributed by atoms with Crippen LogP contribution in [0.3, 0.4) is 0 Å². The molecule has 1 aromatic rings. The van der Waals surface area contributed by atoms with Crippen LogP contribution >= 0.6 is 12.2 Å². The second kappa shape index (κ2) is 5.49. The summed E-state index contributed by atoms with van der Waals surface area (Å²) < 4.78 is 4.92. The number of hydrogen-bond acceptors (Lipinski definition) is 2. The van der Waals surface area contributed by atoms with Gasteiger partial charge in [0.25, 0.3) is 5.17 Å². The van der Waals surface area contributed by atoms with Gasteiger partial charge in [-0.3, -0.25) is 0 Å². The van der Waals surface area contributed by atoms with Gasteiger partial charge in [-0.1, -0.05) is 18.2 Å². The van der Waals surface area contributed by atoms with Gasteiger partial charge >= 0.3 is 0 Å². The molecule has 0 aliphatic carbocycles. The fraction of sp³-hybridized carbons (Fsp3) is 0. The summed E-state index contributed by atoms with van der Waals surface area (Å²) in [7, 11) is 0. The van der Waals surface area contributed by atoms with Crippen molar-refractivity contribution in [2.24, 2.45) is 5.73 Å². The Balaban J connectivity index is 0.000001000.